The van der Waals surface area contributed by atoms with Crippen LogP contribution < -0.4 is 10.5 Å². The van der Waals surface area contributed by atoms with Crippen molar-refractivity contribution in [3.63, 3.8) is 0 Å². The van der Waals surface area contributed by atoms with E-state index in [9.17, 15) is 13.5 Å². The lowest BCUT2D eigenvalue weighted by Gasteiger charge is -2.28. The van der Waals surface area contributed by atoms with Crippen molar-refractivity contribution in [3.05, 3.63) is 22.7 Å². The Morgan fingerprint density at radius 2 is 2.00 bits per heavy atom. The third-order valence-electron chi connectivity index (χ3n) is 3.30. The molecule has 0 heterocycles. The van der Waals surface area contributed by atoms with Gasteiger partial charge in [0.15, 0.2) is 0 Å². The molecule has 0 saturated heterocycles. The van der Waals surface area contributed by atoms with Gasteiger partial charge in [0, 0.05) is 10.5 Å². The first-order chi connectivity index (χ1) is 8.90. The summed E-state index contributed by atoms with van der Waals surface area (Å²) in [5, 5.41) is 9.84. The summed E-state index contributed by atoms with van der Waals surface area (Å²) in [6.07, 6.45) is 2.49. The molecule has 1 fully saturated rings. The van der Waals surface area contributed by atoms with E-state index in [1.165, 1.54) is 12.1 Å². The number of sulfonamides is 1. The molecular weight excluding hydrogens is 332 g/mol. The van der Waals surface area contributed by atoms with Crippen LogP contribution in [0.2, 0.25) is 0 Å². The average molecular weight is 349 g/mol. The van der Waals surface area contributed by atoms with Crippen molar-refractivity contribution in [3.8, 4) is 0 Å². The van der Waals surface area contributed by atoms with Crippen molar-refractivity contribution in [2.45, 2.75) is 42.7 Å². The van der Waals surface area contributed by atoms with Gasteiger partial charge in [0.25, 0.3) is 0 Å². The van der Waals surface area contributed by atoms with E-state index < -0.39 is 22.2 Å². The molecule has 5 nitrogen and oxygen atoms in total. The molecule has 4 N–H and O–H groups in total. The van der Waals surface area contributed by atoms with E-state index in [0.29, 0.717) is 17.3 Å². The Morgan fingerprint density at radius 1 is 1.32 bits per heavy atom. The molecule has 7 heteroatoms. The zero-order valence-electron chi connectivity index (χ0n) is 10.3. The lowest BCUT2D eigenvalue weighted by Crippen LogP contribution is -2.45. The van der Waals surface area contributed by atoms with Gasteiger partial charge in [-0.25, -0.2) is 13.1 Å². The van der Waals surface area contributed by atoms with Crippen LogP contribution in [0, 0.1) is 0 Å². The van der Waals surface area contributed by atoms with Gasteiger partial charge in [-0.1, -0.05) is 28.8 Å². The van der Waals surface area contributed by atoms with Crippen LogP contribution in [0.3, 0.4) is 0 Å². The highest BCUT2D eigenvalue weighted by Gasteiger charge is 2.29. The van der Waals surface area contributed by atoms with Gasteiger partial charge in [-0.05, 0) is 31.0 Å². The van der Waals surface area contributed by atoms with E-state index in [2.05, 4.69) is 20.7 Å². The highest BCUT2D eigenvalue weighted by molar-refractivity contribution is 9.10. The van der Waals surface area contributed by atoms with Crippen LogP contribution in [0.15, 0.2) is 27.6 Å². The van der Waals surface area contributed by atoms with Crippen LogP contribution in [0.25, 0.3) is 0 Å². The Hall–Kier alpha value is -0.630. The molecule has 2 atom stereocenters. The van der Waals surface area contributed by atoms with E-state index in [0.717, 1.165) is 12.8 Å². The predicted molar refractivity (Wildman–Crippen MR) is 77.1 cm³/mol. The fourth-order valence-corrected chi connectivity index (χ4v) is 4.23. The molecule has 1 saturated carbocycles. The van der Waals surface area contributed by atoms with Crippen LogP contribution in [0.4, 0.5) is 5.69 Å². The van der Waals surface area contributed by atoms with Gasteiger partial charge in [0.2, 0.25) is 10.0 Å². The first kappa shape index (κ1) is 14.8. The molecule has 0 spiro atoms. The van der Waals surface area contributed by atoms with Gasteiger partial charge in [0.1, 0.15) is 4.90 Å². The smallest absolute Gasteiger partial charge is 0.242 e. The summed E-state index contributed by atoms with van der Waals surface area (Å²) < 4.78 is 27.8. The maximum Gasteiger partial charge on any atom is 0.242 e. The number of nitrogen functional groups attached to an aromatic ring is 1. The number of halogens is 1. The van der Waals surface area contributed by atoms with Crippen molar-refractivity contribution < 1.29 is 13.5 Å². The SMILES string of the molecule is Nc1ccc(Br)cc1S(=O)(=O)NC1CCCCC1O. The lowest BCUT2D eigenvalue weighted by atomic mass is 9.93. The van der Waals surface area contributed by atoms with E-state index in [1.807, 2.05) is 0 Å². The number of anilines is 1. The highest BCUT2D eigenvalue weighted by atomic mass is 79.9. The van der Waals surface area contributed by atoms with E-state index >= 15 is 0 Å². The third-order valence-corrected chi connectivity index (χ3v) is 5.34. The summed E-state index contributed by atoms with van der Waals surface area (Å²) in [6.45, 7) is 0. The zero-order valence-corrected chi connectivity index (χ0v) is 12.7. The molecule has 2 unspecified atom stereocenters. The second-order valence-corrected chi connectivity index (χ2v) is 7.36. The first-order valence-corrected chi connectivity index (χ1v) is 8.43. The number of nitrogens with one attached hydrogen (secondary N) is 1. The molecule has 0 amide bonds. The largest absolute Gasteiger partial charge is 0.398 e. The van der Waals surface area contributed by atoms with Gasteiger partial charge >= 0.3 is 0 Å². The fourth-order valence-electron chi connectivity index (χ4n) is 2.25. The minimum absolute atomic E-state index is 0.0413. The molecule has 0 radical (unpaired) electrons. The maximum absolute atomic E-state index is 12.3. The van der Waals surface area contributed by atoms with Crippen molar-refractivity contribution in [2.24, 2.45) is 0 Å². The Labute approximate surface area is 121 Å². The summed E-state index contributed by atoms with van der Waals surface area (Å²) in [5.41, 5.74) is 5.91. The minimum Gasteiger partial charge on any atom is -0.398 e. The van der Waals surface area contributed by atoms with Crippen molar-refractivity contribution in [1.82, 2.24) is 4.72 Å². The minimum atomic E-state index is -3.71. The molecule has 2 rings (SSSR count). The molecule has 1 aliphatic carbocycles. The lowest BCUT2D eigenvalue weighted by molar-refractivity contribution is 0.101. The standard InChI is InChI=1S/C12H17BrN2O3S/c13-8-5-6-9(14)12(7-8)19(17,18)15-10-3-1-2-4-11(10)16/h5-7,10-11,15-16H,1-4,14H2. The number of aliphatic hydroxyl groups excluding tert-OH is 1. The van der Waals surface area contributed by atoms with Crippen molar-refractivity contribution in [1.29, 1.82) is 0 Å². The Balaban J connectivity index is 2.24. The van der Waals surface area contributed by atoms with Gasteiger partial charge in [-0.2, -0.15) is 0 Å². The summed E-state index contributed by atoms with van der Waals surface area (Å²) >= 11 is 3.23. The maximum atomic E-state index is 12.3. The number of aliphatic hydroxyl groups is 1. The quantitative estimate of drug-likeness (QED) is 0.723. The number of nitrogens with two attached hydrogens (primary N) is 1. The molecule has 0 aliphatic heterocycles. The molecule has 19 heavy (non-hydrogen) atoms. The van der Waals surface area contributed by atoms with Crippen LogP contribution in [0.5, 0.6) is 0 Å². The summed E-state index contributed by atoms with van der Waals surface area (Å²) in [4.78, 5) is 0.0413. The molecule has 106 valence electrons. The van der Waals surface area contributed by atoms with Crippen LogP contribution in [-0.2, 0) is 10.0 Å². The molecule has 1 aliphatic rings. The predicted octanol–water partition coefficient (Wildman–Crippen LogP) is 1.61. The summed E-state index contributed by atoms with van der Waals surface area (Å²) in [6, 6.07) is 4.25. The first-order valence-electron chi connectivity index (χ1n) is 6.15. The van der Waals surface area contributed by atoms with Crippen molar-refractivity contribution in [2.75, 3.05) is 5.73 Å². The van der Waals surface area contributed by atoms with Gasteiger partial charge < -0.3 is 10.8 Å². The molecule has 1 aromatic carbocycles. The Bertz CT molecular complexity index is 562. The van der Waals surface area contributed by atoms with Crippen LogP contribution in [-0.4, -0.2) is 25.7 Å². The van der Waals surface area contributed by atoms with Gasteiger partial charge in [-0.15, -0.1) is 0 Å². The molecule has 0 aromatic heterocycles. The monoisotopic (exact) mass is 348 g/mol. The Kier molecular flexibility index (Phi) is 4.50. The normalized spacial score (nSPS) is 24.3. The molecule has 1 aromatic rings. The van der Waals surface area contributed by atoms with E-state index in [1.54, 1.807) is 6.07 Å². The number of rotatable bonds is 3. The number of benzene rings is 1. The van der Waals surface area contributed by atoms with Crippen molar-refractivity contribution >= 4 is 31.6 Å². The summed E-state index contributed by atoms with van der Waals surface area (Å²) in [5.74, 6) is 0. The van der Waals surface area contributed by atoms with E-state index in [4.69, 9.17) is 5.73 Å². The van der Waals surface area contributed by atoms with Gasteiger partial charge in [-0.3, -0.25) is 0 Å². The van der Waals surface area contributed by atoms with E-state index in [-0.39, 0.29) is 10.6 Å². The van der Waals surface area contributed by atoms with Gasteiger partial charge in [0.05, 0.1) is 11.8 Å². The van der Waals surface area contributed by atoms with Crippen LogP contribution >= 0.6 is 15.9 Å². The van der Waals surface area contributed by atoms with Crippen LogP contribution in [0.1, 0.15) is 25.7 Å². The average Bonchev–Trinajstić information content (AvgIpc) is 2.35. The third kappa shape index (κ3) is 3.47. The Morgan fingerprint density at radius 3 is 2.68 bits per heavy atom. The molecular formula is C12H17BrN2O3S. The molecule has 0 bridgehead atoms. The highest BCUT2D eigenvalue weighted by Crippen LogP contribution is 2.25. The zero-order chi connectivity index (χ0) is 14.0. The number of hydrogen-bond acceptors (Lipinski definition) is 4. The number of hydrogen-bond donors (Lipinski definition) is 3. The topological polar surface area (TPSA) is 92.4 Å². The second kappa shape index (κ2) is 5.78. The second-order valence-electron chi connectivity index (χ2n) is 4.76. The summed E-state index contributed by atoms with van der Waals surface area (Å²) in [7, 11) is -3.71. The fraction of sp³-hybridized carbons (Fsp3) is 0.500.